The van der Waals surface area contributed by atoms with Crippen LogP contribution in [0.3, 0.4) is 0 Å². The molecule has 1 aromatic carbocycles. The molecule has 0 spiro atoms. The number of hydrogen-bond donors (Lipinski definition) is 1. The molecule has 0 unspecified atom stereocenters. The lowest BCUT2D eigenvalue weighted by Gasteiger charge is -2.07. The summed E-state index contributed by atoms with van der Waals surface area (Å²) in [7, 11) is 0. The van der Waals surface area contributed by atoms with Crippen molar-refractivity contribution in [2.24, 2.45) is 0 Å². The van der Waals surface area contributed by atoms with Crippen molar-refractivity contribution in [3.8, 4) is 0 Å². The molecule has 16 heavy (non-hydrogen) atoms. The molecule has 0 aliphatic carbocycles. The van der Waals surface area contributed by atoms with Gasteiger partial charge in [0.15, 0.2) is 0 Å². The third-order valence-electron chi connectivity index (χ3n) is 2.15. The second-order valence-corrected chi connectivity index (χ2v) is 4.44. The summed E-state index contributed by atoms with van der Waals surface area (Å²) in [6.45, 7) is 0. The molecule has 1 amide bonds. The first-order valence-corrected chi connectivity index (χ1v) is 6.21. The number of benzene rings is 1. The first kappa shape index (κ1) is 11.2. The average molecular weight is 252 g/mol. The topological polar surface area (TPSA) is 29.1 Å². The van der Waals surface area contributed by atoms with Crippen molar-refractivity contribution in [3.05, 3.63) is 52.2 Å². The minimum Gasteiger partial charge on any atom is -0.321 e. The lowest BCUT2D eigenvalue weighted by atomic mass is 10.2. The number of hydrogen-bond acceptors (Lipinski definition) is 2. The molecule has 0 aliphatic heterocycles. The Morgan fingerprint density at radius 2 is 2.06 bits per heavy atom. The molecular weight excluding hydrogens is 242 g/mol. The average Bonchev–Trinajstić information content (AvgIpc) is 2.83. The summed E-state index contributed by atoms with van der Waals surface area (Å²) in [6.07, 6.45) is 0. The molecule has 0 saturated carbocycles. The van der Waals surface area contributed by atoms with Gasteiger partial charge < -0.3 is 5.32 Å². The van der Waals surface area contributed by atoms with Gasteiger partial charge in [0, 0.05) is 11.6 Å². The molecule has 0 saturated heterocycles. The normalized spacial score (nSPS) is 10.1. The largest absolute Gasteiger partial charge is 0.321 e. The molecule has 0 aliphatic rings. The maximum Gasteiger partial charge on any atom is 0.265 e. The molecule has 1 aromatic heterocycles. The summed E-state index contributed by atoms with van der Waals surface area (Å²) in [5.74, 6) is 0.300. The summed E-state index contributed by atoms with van der Waals surface area (Å²) in [5, 5.41) is 4.73. The molecule has 0 atom stereocenters. The van der Waals surface area contributed by atoms with Gasteiger partial charge in [0.2, 0.25) is 0 Å². The molecular formula is C12H10ClNOS. The van der Waals surface area contributed by atoms with Gasteiger partial charge in [-0.15, -0.1) is 22.9 Å². The number of amides is 1. The first-order chi connectivity index (χ1) is 7.81. The lowest BCUT2D eigenvalue weighted by molar-refractivity contribution is 0.103. The van der Waals surface area contributed by atoms with Crippen molar-refractivity contribution >= 4 is 34.5 Å². The van der Waals surface area contributed by atoms with Gasteiger partial charge in [0.05, 0.1) is 4.88 Å². The van der Waals surface area contributed by atoms with E-state index in [-0.39, 0.29) is 5.91 Å². The van der Waals surface area contributed by atoms with Gasteiger partial charge >= 0.3 is 0 Å². The molecule has 0 fully saturated rings. The van der Waals surface area contributed by atoms with Crippen LogP contribution in [-0.2, 0) is 5.88 Å². The van der Waals surface area contributed by atoms with Gasteiger partial charge in [-0.25, -0.2) is 0 Å². The standard InChI is InChI=1S/C12H10ClNOS/c13-8-9-4-1-2-5-10(9)14-12(15)11-6-3-7-16-11/h1-7H,8H2,(H,14,15). The SMILES string of the molecule is O=C(Nc1ccccc1CCl)c1cccs1. The second-order valence-electron chi connectivity index (χ2n) is 3.22. The van der Waals surface area contributed by atoms with Crippen LogP contribution in [-0.4, -0.2) is 5.91 Å². The smallest absolute Gasteiger partial charge is 0.265 e. The van der Waals surface area contributed by atoms with E-state index in [1.54, 1.807) is 6.07 Å². The zero-order chi connectivity index (χ0) is 11.4. The van der Waals surface area contributed by atoms with E-state index in [9.17, 15) is 4.79 Å². The van der Waals surface area contributed by atoms with E-state index in [4.69, 9.17) is 11.6 Å². The summed E-state index contributed by atoms with van der Waals surface area (Å²) < 4.78 is 0. The highest BCUT2D eigenvalue weighted by Gasteiger charge is 2.08. The maximum absolute atomic E-state index is 11.8. The minimum absolute atomic E-state index is 0.0902. The molecule has 82 valence electrons. The molecule has 2 rings (SSSR count). The summed E-state index contributed by atoms with van der Waals surface area (Å²) in [5.41, 5.74) is 1.70. The van der Waals surface area contributed by atoms with Crippen LogP contribution in [0.25, 0.3) is 0 Å². The predicted molar refractivity (Wildman–Crippen MR) is 68.3 cm³/mol. The van der Waals surface area contributed by atoms with Gasteiger partial charge in [-0.2, -0.15) is 0 Å². The first-order valence-electron chi connectivity index (χ1n) is 4.80. The highest BCUT2D eigenvalue weighted by atomic mass is 35.5. The Bertz CT molecular complexity index is 482. The monoisotopic (exact) mass is 251 g/mol. The van der Waals surface area contributed by atoms with Gasteiger partial charge in [-0.3, -0.25) is 4.79 Å². The van der Waals surface area contributed by atoms with Gasteiger partial charge in [-0.05, 0) is 23.1 Å². The number of para-hydroxylation sites is 1. The highest BCUT2D eigenvalue weighted by molar-refractivity contribution is 7.12. The van der Waals surface area contributed by atoms with Crippen LogP contribution in [0.4, 0.5) is 5.69 Å². The summed E-state index contributed by atoms with van der Waals surface area (Å²) in [4.78, 5) is 12.5. The Balaban J connectivity index is 2.18. The number of nitrogens with one attached hydrogen (secondary N) is 1. The molecule has 2 nitrogen and oxygen atoms in total. The third-order valence-corrected chi connectivity index (χ3v) is 3.31. The number of carbonyl (C=O) groups excluding carboxylic acids is 1. The van der Waals surface area contributed by atoms with Gasteiger partial charge in [-0.1, -0.05) is 24.3 Å². The van der Waals surface area contributed by atoms with Crippen LogP contribution in [0.15, 0.2) is 41.8 Å². The van der Waals surface area contributed by atoms with E-state index in [1.807, 2.05) is 35.7 Å². The number of halogens is 1. The van der Waals surface area contributed by atoms with E-state index < -0.39 is 0 Å². The van der Waals surface area contributed by atoms with Crippen LogP contribution >= 0.6 is 22.9 Å². The van der Waals surface area contributed by atoms with E-state index in [0.717, 1.165) is 11.3 Å². The van der Waals surface area contributed by atoms with Crippen LogP contribution < -0.4 is 5.32 Å². The Labute approximate surface area is 103 Å². The van der Waals surface area contributed by atoms with E-state index in [2.05, 4.69) is 5.32 Å². The maximum atomic E-state index is 11.8. The fourth-order valence-corrected chi connectivity index (χ4v) is 2.20. The van der Waals surface area contributed by atoms with Crippen molar-refractivity contribution in [2.75, 3.05) is 5.32 Å². The zero-order valence-corrected chi connectivity index (χ0v) is 10.0. The Morgan fingerprint density at radius 3 is 2.75 bits per heavy atom. The summed E-state index contributed by atoms with van der Waals surface area (Å²) >= 11 is 7.21. The number of thiophene rings is 1. The molecule has 2 aromatic rings. The van der Waals surface area contributed by atoms with Crippen molar-refractivity contribution < 1.29 is 4.79 Å². The zero-order valence-electron chi connectivity index (χ0n) is 8.44. The molecule has 0 bridgehead atoms. The number of anilines is 1. The van der Waals surface area contributed by atoms with Gasteiger partial charge in [0.25, 0.3) is 5.91 Å². The molecule has 1 N–H and O–H groups in total. The number of rotatable bonds is 3. The second kappa shape index (κ2) is 5.14. The van der Waals surface area contributed by atoms with Crippen molar-refractivity contribution in [1.29, 1.82) is 0 Å². The quantitative estimate of drug-likeness (QED) is 0.828. The lowest BCUT2D eigenvalue weighted by Crippen LogP contribution is -2.11. The predicted octanol–water partition coefficient (Wildman–Crippen LogP) is 3.74. The van der Waals surface area contributed by atoms with Crippen molar-refractivity contribution in [1.82, 2.24) is 0 Å². The minimum atomic E-state index is -0.0902. The number of carbonyl (C=O) groups is 1. The Morgan fingerprint density at radius 1 is 1.25 bits per heavy atom. The summed E-state index contributed by atoms with van der Waals surface area (Å²) in [6, 6.07) is 11.2. The molecule has 1 heterocycles. The fraction of sp³-hybridized carbons (Fsp3) is 0.0833. The number of alkyl halides is 1. The molecule has 4 heteroatoms. The third kappa shape index (κ3) is 2.43. The Hall–Kier alpha value is -1.32. The highest BCUT2D eigenvalue weighted by Crippen LogP contribution is 2.19. The van der Waals surface area contributed by atoms with Crippen LogP contribution in [0.5, 0.6) is 0 Å². The van der Waals surface area contributed by atoms with E-state index in [0.29, 0.717) is 10.8 Å². The van der Waals surface area contributed by atoms with Crippen LogP contribution in [0.1, 0.15) is 15.2 Å². The Kier molecular flexibility index (Phi) is 3.59. The van der Waals surface area contributed by atoms with Gasteiger partial charge in [0.1, 0.15) is 0 Å². The van der Waals surface area contributed by atoms with Crippen molar-refractivity contribution in [3.63, 3.8) is 0 Å². The van der Waals surface area contributed by atoms with E-state index >= 15 is 0 Å². The van der Waals surface area contributed by atoms with Crippen LogP contribution in [0, 0.1) is 0 Å². The fourth-order valence-electron chi connectivity index (χ4n) is 1.35. The van der Waals surface area contributed by atoms with E-state index in [1.165, 1.54) is 11.3 Å². The van der Waals surface area contributed by atoms with Crippen LogP contribution in [0.2, 0.25) is 0 Å². The molecule has 0 radical (unpaired) electrons. The van der Waals surface area contributed by atoms with Crippen molar-refractivity contribution in [2.45, 2.75) is 5.88 Å².